The lowest BCUT2D eigenvalue weighted by molar-refractivity contribution is -0.120. The van der Waals surface area contributed by atoms with Gasteiger partial charge in [0.25, 0.3) is 0 Å². The number of hydrogen-bond donors (Lipinski definition) is 2. The van der Waals surface area contributed by atoms with Crippen LogP contribution in [0, 0.1) is 5.92 Å². The van der Waals surface area contributed by atoms with Gasteiger partial charge in [0.15, 0.2) is 0 Å². The van der Waals surface area contributed by atoms with Crippen LogP contribution in [0.1, 0.15) is 59.8 Å². The second kappa shape index (κ2) is 10.6. The fraction of sp³-hybridized carbons (Fsp3) is 0.929. The Balaban J connectivity index is 3.42. The van der Waals surface area contributed by atoms with Crippen LogP contribution in [0.2, 0.25) is 0 Å². The average molecular weight is 242 g/mol. The van der Waals surface area contributed by atoms with E-state index in [2.05, 4.69) is 38.3 Å². The minimum Gasteiger partial charge on any atom is -0.355 e. The number of rotatable bonds is 10. The molecular weight excluding hydrogens is 212 g/mol. The third kappa shape index (κ3) is 11.7. The number of nitrogens with one attached hydrogen (secondary N) is 2. The van der Waals surface area contributed by atoms with Gasteiger partial charge < -0.3 is 10.6 Å². The number of hydrogen-bond acceptors (Lipinski definition) is 2. The van der Waals surface area contributed by atoms with Crippen molar-refractivity contribution in [3.05, 3.63) is 0 Å². The predicted octanol–water partition coefficient (Wildman–Crippen LogP) is 2.71. The molecule has 0 aliphatic rings. The summed E-state index contributed by atoms with van der Waals surface area (Å²) in [6, 6.07) is 0.441. The number of amides is 1. The van der Waals surface area contributed by atoms with Gasteiger partial charge in [0.2, 0.25) is 5.91 Å². The smallest absolute Gasteiger partial charge is 0.233 e. The summed E-state index contributed by atoms with van der Waals surface area (Å²) in [5.41, 5.74) is 0. The van der Waals surface area contributed by atoms with Crippen LogP contribution in [0.5, 0.6) is 0 Å². The summed E-state index contributed by atoms with van der Waals surface area (Å²) in [7, 11) is 0. The highest BCUT2D eigenvalue weighted by atomic mass is 16.1. The number of unbranched alkanes of at least 4 members (excludes halogenated alkanes) is 3. The minimum atomic E-state index is 0.110. The molecule has 0 saturated carbocycles. The number of carbonyl (C=O) groups is 1. The molecule has 0 aliphatic carbocycles. The van der Waals surface area contributed by atoms with Gasteiger partial charge in [-0.15, -0.1) is 0 Å². The molecule has 0 aromatic rings. The fourth-order valence-electron chi connectivity index (χ4n) is 1.63. The van der Waals surface area contributed by atoms with Crippen LogP contribution in [-0.2, 0) is 4.79 Å². The number of carbonyl (C=O) groups excluding carboxylic acids is 1. The Labute approximate surface area is 107 Å². The fourth-order valence-corrected chi connectivity index (χ4v) is 1.63. The van der Waals surface area contributed by atoms with Crippen LogP contribution in [-0.4, -0.2) is 25.0 Å². The van der Waals surface area contributed by atoms with E-state index in [1.807, 2.05) is 0 Å². The van der Waals surface area contributed by atoms with Gasteiger partial charge in [0.05, 0.1) is 6.54 Å². The normalized spacial score (nSPS) is 12.8. The van der Waals surface area contributed by atoms with E-state index in [0.717, 1.165) is 13.0 Å². The molecule has 0 saturated heterocycles. The van der Waals surface area contributed by atoms with Crippen molar-refractivity contribution in [3.63, 3.8) is 0 Å². The van der Waals surface area contributed by atoms with Crippen LogP contribution >= 0.6 is 0 Å². The molecule has 17 heavy (non-hydrogen) atoms. The van der Waals surface area contributed by atoms with Crippen molar-refractivity contribution in [3.8, 4) is 0 Å². The molecule has 2 N–H and O–H groups in total. The van der Waals surface area contributed by atoms with Crippen LogP contribution in [0.3, 0.4) is 0 Å². The first-order valence-corrected chi connectivity index (χ1v) is 7.06. The Bertz CT molecular complexity index is 193. The van der Waals surface area contributed by atoms with E-state index >= 15 is 0 Å². The summed E-state index contributed by atoms with van der Waals surface area (Å²) in [4.78, 5) is 11.5. The van der Waals surface area contributed by atoms with Gasteiger partial charge in [-0.25, -0.2) is 0 Å². The van der Waals surface area contributed by atoms with Crippen LogP contribution in [0.15, 0.2) is 0 Å². The lowest BCUT2D eigenvalue weighted by Crippen LogP contribution is -2.39. The maximum atomic E-state index is 11.5. The molecule has 3 nitrogen and oxygen atoms in total. The Kier molecular flexibility index (Phi) is 10.2. The van der Waals surface area contributed by atoms with E-state index in [9.17, 15) is 4.79 Å². The summed E-state index contributed by atoms with van der Waals surface area (Å²) in [5.74, 6) is 0.629. The predicted molar refractivity (Wildman–Crippen MR) is 74.1 cm³/mol. The van der Waals surface area contributed by atoms with E-state index in [0.29, 0.717) is 18.5 Å². The third-order valence-electron chi connectivity index (χ3n) is 2.81. The van der Waals surface area contributed by atoms with Crippen molar-refractivity contribution in [2.45, 2.75) is 65.8 Å². The van der Waals surface area contributed by atoms with Gasteiger partial charge in [-0.2, -0.15) is 0 Å². The summed E-state index contributed by atoms with van der Waals surface area (Å²) in [5, 5.41) is 6.18. The molecule has 0 radical (unpaired) electrons. The highest BCUT2D eigenvalue weighted by Crippen LogP contribution is 2.04. The summed E-state index contributed by atoms with van der Waals surface area (Å²) in [6.45, 7) is 9.80. The molecule has 1 unspecified atom stereocenters. The maximum Gasteiger partial charge on any atom is 0.233 e. The molecule has 0 rings (SSSR count). The van der Waals surface area contributed by atoms with E-state index in [4.69, 9.17) is 0 Å². The summed E-state index contributed by atoms with van der Waals surface area (Å²) >= 11 is 0. The van der Waals surface area contributed by atoms with E-state index in [-0.39, 0.29) is 5.91 Å². The Morgan fingerprint density at radius 3 is 2.41 bits per heavy atom. The molecular formula is C14H30N2O. The molecule has 0 heterocycles. The van der Waals surface area contributed by atoms with Crippen molar-refractivity contribution >= 4 is 5.91 Å². The summed E-state index contributed by atoms with van der Waals surface area (Å²) in [6.07, 6.45) is 6.33. The SMILES string of the molecule is CCCCCCC(C)NCC(=O)NCC(C)C. The van der Waals surface area contributed by atoms with E-state index in [1.54, 1.807) is 0 Å². The third-order valence-corrected chi connectivity index (χ3v) is 2.81. The zero-order chi connectivity index (χ0) is 13.1. The van der Waals surface area contributed by atoms with Crippen molar-refractivity contribution in [1.29, 1.82) is 0 Å². The molecule has 1 atom stereocenters. The highest BCUT2D eigenvalue weighted by molar-refractivity contribution is 5.77. The Morgan fingerprint density at radius 1 is 1.12 bits per heavy atom. The van der Waals surface area contributed by atoms with Gasteiger partial charge in [-0.3, -0.25) is 4.79 Å². The molecule has 3 heteroatoms. The lowest BCUT2D eigenvalue weighted by atomic mass is 10.1. The molecule has 0 aromatic carbocycles. The zero-order valence-electron chi connectivity index (χ0n) is 12.0. The average Bonchev–Trinajstić information content (AvgIpc) is 2.29. The molecule has 0 spiro atoms. The largest absolute Gasteiger partial charge is 0.355 e. The maximum absolute atomic E-state index is 11.5. The summed E-state index contributed by atoms with van der Waals surface area (Å²) < 4.78 is 0. The first-order chi connectivity index (χ1) is 8.06. The van der Waals surface area contributed by atoms with Gasteiger partial charge >= 0.3 is 0 Å². The Hall–Kier alpha value is -0.570. The van der Waals surface area contributed by atoms with E-state index < -0.39 is 0 Å². The molecule has 102 valence electrons. The monoisotopic (exact) mass is 242 g/mol. The second-order valence-corrected chi connectivity index (χ2v) is 5.33. The van der Waals surface area contributed by atoms with Crippen molar-refractivity contribution in [1.82, 2.24) is 10.6 Å². The van der Waals surface area contributed by atoms with Crippen LogP contribution in [0.4, 0.5) is 0 Å². The van der Waals surface area contributed by atoms with Gasteiger partial charge in [0, 0.05) is 12.6 Å². The lowest BCUT2D eigenvalue weighted by Gasteiger charge is -2.14. The standard InChI is InChI=1S/C14H30N2O/c1-5-6-7-8-9-13(4)15-11-14(17)16-10-12(2)3/h12-13,15H,5-11H2,1-4H3,(H,16,17). The second-order valence-electron chi connectivity index (χ2n) is 5.33. The molecule has 0 aliphatic heterocycles. The van der Waals surface area contributed by atoms with Gasteiger partial charge in [0.1, 0.15) is 0 Å². The van der Waals surface area contributed by atoms with Gasteiger partial charge in [-0.05, 0) is 19.3 Å². The quantitative estimate of drug-likeness (QED) is 0.578. The van der Waals surface area contributed by atoms with Crippen molar-refractivity contribution in [2.75, 3.05) is 13.1 Å². The Morgan fingerprint density at radius 2 is 1.82 bits per heavy atom. The molecule has 0 aromatic heterocycles. The molecule has 0 bridgehead atoms. The first-order valence-electron chi connectivity index (χ1n) is 7.06. The minimum absolute atomic E-state index is 0.110. The van der Waals surface area contributed by atoms with E-state index in [1.165, 1.54) is 25.7 Å². The van der Waals surface area contributed by atoms with Crippen molar-refractivity contribution < 1.29 is 4.79 Å². The van der Waals surface area contributed by atoms with Crippen molar-refractivity contribution in [2.24, 2.45) is 5.92 Å². The van der Waals surface area contributed by atoms with Gasteiger partial charge in [-0.1, -0.05) is 46.5 Å². The highest BCUT2D eigenvalue weighted by Gasteiger charge is 2.05. The van der Waals surface area contributed by atoms with Crippen LogP contribution in [0.25, 0.3) is 0 Å². The topological polar surface area (TPSA) is 41.1 Å². The molecule has 0 fully saturated rings. The first kappa shape index (κ1) is 16.4. The van der Waals surface area contributed by atoms with Crippen LogP contribution < -0.4 is 10.6 Å². The molecule has 1 amide bonds. The zero-order valence-corrected chi connectivity index (χ0v) is 12.0.